The highest BCUT2D eigenvalue weighted by atomic mass is 16.2. The van der Waals surface area contributed by atoms with Gasteiger partial charge in [0.05, 0.1) is 5.69 Å². The highest BCUT2D eigenvalue weighted by molar-refractivity contribution is 6.27. The van der Waals surface area contributed by atoms with Crippen LogP contribution in [0, 0.1) is 5.92 Å². The van der Waals surface area contributed by atoms with E-state index < -0.39 is 23.8 Å². The fraction of sp³-hybridized carbons (Fsp3) is 0.118. The maximum Gasteiger partial charge on any atom is 0.335 e. The van der Waals surface area contributed by atoms with E-state index in [9.17, 15) is 14.4 Å². The molecule has 0 radical (unpaired) electrons. The fourth-order valence-corrected chi connectivity index (χ4v) is 2.47. The summed E-state index contributed by atoms with van der Waals surface area (Å²) in [5.41, 5.74) is 1.33. The van der Waals surface area contributed by atoms with E-state index in [-0.39, 0.29) is 6.42 Å². The van der Waals surface area contributed by atoms with Crippen molar-refractivity contribution >= 4 is 23.5 Å². The Morgan fingerprint density at radius 3 is 2.09 bits per heavy atom. The first-order valence-electron chi connectivity index (χ1n) is 6.94. The second kappa shape index (κ2) is 5.81. The van der Waals surface area contributed by atoms with Gasteiger partial charge < -0.3 is 0 Å². The predicted octanol–water partition coefficient (Wildman–Crippen LogP) is 2.13. The Morgan fingerprint density at radius 1 is 0.864 bits per heavy atom. The summed E-state index contributed by atoms with van der Waals surface area (Å²) in [6.07, 6.45) is 0.266. The number of carbonyl (C=O) groups is 3. The molecule has 5 heteroatoms. The minimum absolute atomic E-state index is 0.266. The molecule has 1 heterocycles. The number of hydrogen-bond acceptors (Lipinski definition) is 3. The van der Waals surface area contributed by atoms with E-state index in [1.54, 1.807) is 30.3 Å². The van der Waals surface area contributed by atoms with Crippen molar-refractivity contribution in [3.63, 3.8) is 0 Å². The van der Waals surface area contributed by atoms with E-state index in [1.807, 2.05) is 30.3 Å². The molecule has 0 saturated carbocycles. The lowest BCUT2D eigenvalue weighted by atomic mass is 9.95. The van der Waals surface area contributed by atoms with Gasteiger partial charge in [-0.2, -0.15) is 0 Å². The van der Waals surface area contributed by atoms with Crippen LogP contribution in [0.15, 0.2) is 60.7 Å². The standard InChI is InChI=1S/C17H14N2O3/c20-15-14(11-12-7-3-1-4-8-12)16(21)19(17(22)18-15)13-9-5-2-6-10-13/h1-10,14H,11H2,(H,18,20,22). The van der Waals surface area contributed by atoms with E-state index in [0.29, 0.717) is 5.69 Å². The van der Waals surface area contributed by atoms with Gasteiger partial charge in [-0.3, -0.25) is 14.9 Å². The smallest absolute Gasteiger partial charge is 0.277 e. The van der Waals surface area contributed by atoms with Gasteiger partial charge in [-0.15, -0.1) is 0 Å². The SMILES string of the molecule is O=C1NC(=O)N(c2ccccc2)C(=O)C1Cc1ccccc1. The van der Waals surface area contributed by atoms with Gasteiger partial charge >= 0.3 is 6.03 Å². The third kappa shape index (κ3) is 2.61. The first kappa shape index (κ1) is 14.0. The summed E-state index contributed by atoms with van der Waals surface area (Å²) in [5, 5.41) is 2.26. The van der Waals surface area contributed by atoms with Gasteiger partial charge in [-0.05, 0) is 24.1 Å². The van der Waals surface area contributed by atoms with E-state index in [1.165, 1.54) is 0 Å². The highest BCUT2D eigenvalue weighted by Gasteiger charge is 2.41. The third-order valence-electron chi connectivity index (χ3n) is 3.57. The molecular formula is C17H14N2O3. The summed E-state index contributed by atoms with van der Waals surface area (Å²) in [7, 11) is 0. The van der Waals surface area contributed by atoms with Crippen molar-refractivity contribution in [1.82, 2.24) is 5.32 Å². The van der Waals surface area contributed by atoms with E-state index in [4.69, 9.17) is 0 Å². The molecule has 1 fully saturated rings. The van der Waals surface area contributed by atoms with Gasteiger partial charge in [-0.1, -0.05) is 48.5 Å². The molecule has 0 spiro atoms. The van der Waals surface area contributed by atoms with Crippen molar-refractivity contribution in [2.45, 2.75) is 6.42 Å². The number of hydrogen-bond donors (Lipinski definition) is 1. The van der Waals surface area contributed by atoms with Crippen molar-refractivity contribution in [2.75, 3.05) is 4.90 Å². The molecule has 22 heavy (non-hydrogen) atoms. The molecule has 1 saturated heterocycles. The molecule has 1 unspecified atom stereocenters. The Hall–Kier alpha value is -2.95. The number of barbiturate groups is 1. The average Bonchev–Trinajstić information content (AvgIpc) is 2.53. The van der Waals surface area contributed by atoms with E-state index in [0.717, 1.165) is 10.5 Å². The second-order valence-electron chi connectivity index (χ2n) is 5.05. The number of nitrogens with one attached hydrogen (secondary N) is 1. The number of amides is 4. The summed E-state index contributed by atoms with van der Waals surface area (Å²) in [4.78, 5) is 37.6. The Bertz CT molecular complexity index is 713. The van der Waals surface area contributed by atoms with Crippen LogP contribution in [0.25, 0.3) is 0 Å². The summed E-state index contributed by atoms with van der Waals surface area (Å²) in [6.45, 7) is 0. The molecule has 2 aromatic carbocycles. The zero-order chi connectivity index (χ0) is 15.5. The number of benzene rings is 2. The van der Waals surface area contributed by atoms with Crippen LogP contribution in [-0.2, 0) is 16.0 Å². The van der Waals surface area contributed by atoms with Crippen LogP contribution in [-0.4, -0.2) is 17.8 Å². The molecule has 4 amide bonds. The quantitative estimate of drug-likeness (QED) is 0.882. The normalized spacial score (nSPS) is 18.3. The number of nitrogens with zero attached hydrogens (tertiary/aromatic N) is 1. The second-order valence-corrected chi connectivity index (χ2v) is 5.05. The minimum atomic E-state index is -0.902. The van der Waals surface area contributed by atoms with Gasteiger partial charge in [-0.25, -0.2) is 9.69 Å². The van der Waals surface area contributed by atoms with Crippen LogP contribution in [0.4, 0.5) is 10.5 Å². The molecule has 0 aliphatic carbocycles. The average molecular weight is 294 g/mol. The number of imide groups is 2. The number of anilines is 1. The molecule has 110 valence electrons. The molecule has 1 aliphatic rings. The van der Waals surface area contributed by atoms with Crippen LogP contribution < -0.4 is 10.2 Å². The van der Waals surface area contributed by atoms with Gasteiger partial charge in [0.2, 0.25) is 11.8 Å². The molecular weight excluding hydrogens is 280 g/mol. The molecule has 0 aromatic heterocycles. The summed E-state index contributed by atoms with van der Waals surface area (Å²) in [5.74, 6) is -1.95. The van der Waals surface area contributed by atoms with Crippen molar-refractivity contribution in [2.24, 2.45) is 5.92 Å². The van der Waals surface area contributed by atoms with Crippen molar-refractivity contribution in [1.29, 1.82) is 0 Å². The van der Waals surface area contributed by atoms with E-state index >= 15 is 0 Å². The Balaban J connectivity index is 1.89. The fourth-order valence-electron chi connectivity index (χ4n) is 2.47. The lowest BCUT2D eigenvalue weighted by Gasteiger charge is -2.30. The molecule has 2 aromatic rings. The lowest BCUT2D eigenvalue weighted by molar-refractivity contribution is -0.134. The number of para-hydroxylation sites is 1. The molecule has 0 bridgehead atoms. The molecule has 5 nitrogen and oxygen atoms in total. The summed E-state index contributed by atoms with van der Waals surface area (Å²) < 4.78 is 0. The van der Waals surface area contributed by atoms with Crippen molar-refractivity contribution < 1.29 is 14.4 Å². The summed E-state index contributed by atoms with van der Waals surface area (Å²) >= 11 is 0. The van der Waals surface area contributed by atoms with Gasteiger partial charge in [0.15, 0.2) is 0 Å². The maximum absolute atomic E-state index is 12.6. The van der Waals surface area contributed by atoms with Gasteiger partial charge in [0.1, 0.15) is 5.92 Å². The Kier molecular flexibility index (Phi) is 3.70. The summed E-state index contributed by atoms with van der Waals surface area (Å²) in [6, 6.07) is 17.1. The molecule has 1 atom stereocenters. The van der Waals surface area contributed by atoms with Crippen molar-refractivity contribution in [3.05, 3.63) is 66.2 Å². The van der Waals surface area contributed by atoms with Crippen molar-refractivity contribution in [3.8, 4) is 0 Å². The third-order valence-corrected chi connectivity index (χ3v) is 3.57. The first-order chi connectivity index (χ1) is 10.7. The number of rotatable bonds is 3. The zero-order valence-electron chi connectivity index (χ0n) is 11.7. The zero-order valence-corrected chi connectivity index (χ0v) is 11.7. The van der Waals surface area contributed by atoms with E-state index in [2.05, 4.69) is 5.32 Å². The van der Waals surface area contributed by atoms with Gasteiger partial charge in [0.25, 0.3) is 0 Å². The Morgan fingerprint density at radius 2 is 1.45 bits per heavy atom. The van der Waals surface area contributed by atoms with Gasteiger partial charge in [0, 0.05) is 0 Å². The monoisotopic (exact) mass is 294 g/mol. The number of carbonyl (C=O) groups excluding carboxylic acids is 3. The largest absolute Gasteiger partial charge is 0.335 e. The van der Waals surface area contributed by atoms with Crippen LogP contribution in [0.3, 0.4) is 0 Å². The van der Waals surface area contributed by atoms with Crippen LogP contribution in [0.5, 0.6) is 0 Å². The highest BCUT2D eigenvalue weighted by Crippen LogP contribution is 2.22. The minimum Gasteiger partial charge on any atom is -0.277 e. The predicted molar refractivity (Wildman–Crippen MR) is 81.1 cm³/mol. The van der Waals surface area contributed by atoms with Crippen LogP contribution in [0.2, 0.25) is 0 Å². The van der Waals surface area contributed by atoms with Crippen LogP contribution >= 0.6 is 0 Å². The molecule has 1 aliphatic heterocycles. The molecule has 3 rings (SSSR count). The number of urea groups is 1. The topological polar surface area (TPSA) is 66.5 Å². The molecule has 1 N–H and O–H groups in total. The lowest BCUT2D eigenvalue weighted by Crippen LogP contribution is -2.58. The maximum atomic E-state index is 12.6. The van der Waals surface area contributed by atoms with Crippen LogP contribution in [0.1, 0.15) is 5.56 Å². The Labute approximate surface area is 127 Å². The first-order valence-corrected chi connectivity index (χ1v) is 6.94.